The quantitative estimate of drug-likeness (QED) is 0.140. The first kappa shape index (κ1) is 32.1. The van der Waals surface area contributed by atoms with Gasteiger partial charge in [-0.15, -0.1) is 11.8 Å². The maximum Gasteiger partial charge on any atom is 0.387 e. The molecule has 0 radical (unpaired) electrons. The fraction of sp³-hybridized carbons (Fsp3) is 0.312. The SMILES string of the molecule is O=C(OC(Cc1c(Cl)cncc1Cl)c1ccc(OC(F)F)c(OCC2CC2)c1)C1SCCN1C(=O)c1cccc(-c2cnco2)c1. The van der Waals surface area contributed by atoms with Crippen molar-refractivity contribution < 1.29 is 37.0 Å². The Bertz CT molecular complexity index is 1690. The molecule has 3 heterocycles. The van der Waals surface area contributed by atoms with Gasteiger partial charge in [0.15, 0.2) is 29.0 Å². The minimum absolute atomic E-state index is 0.0353. The normalized spacial score (nSPS) is 16.8. The van der Waals surface area contributed by atoms with Crippen molar-refractivity contribution in [1.29, 1.82) is 0 Å². The van der Waals surface area contributed by atoms with Gasteiger partial charge in [-0.3, -0.25) is 9.78 Å². The van der Waals surface area contributed by atoms with E-state index in [0.717, 1.165) is 12.8 Å². The molecule has 2 aliphatic rings. The van der Waals surface area contributed by atoms with Crippen LogP contribution in [0, 0.1) is 5.92 Å². The smallest absolute Gasteiger partial charge is 0.387 e. The van der Waals surface area contributed by atoms with E-state index in [2.05, 4.69) is 9.97 Å². The van der Waals surface area contributed by atoms with Crippen LogP contribution < -0.4 is 9.47 Å². The van der Waals surface area contributed by atoms with Gasteiger partial charge in [-0.25, -0.2) is 9.78 Å². The van der Waals surface area contributed by atoms with E-state index >= 15 is 0 Å². The molecule has 2 unspecified atom stereocenters. The molecular formula is C32H27Cl2F2N3O6S. The average molecular weight is 691 g/mol. The largest absolute Gasteiger partial charge is 0.489 e. The molecule has 2 atom stereocenters. The van der Waals surface area contributed by atoms with Gasteiger partial charge in [0.1, 0.15) is 6.10 Å². The molecule has 1 saturated heterocycles. The van der Waals surface area contributed by atoms with Crippen molar-refractivity contribution in [2.45, 2.75) is 37.4 Å². The molecule has 1 amide bonds. The number of rotatable bonds is 12. The summed E-state index contributed by atoms with van der Waals surface area (Å²) in [6.07, 6.45) is 6.72. The Kier molecular flexibility index (Phi) is 9.95. The molecule has 240 valence electrons. The fourth-order valence-corrected chi connectivity index (χ4v) is 6.59. The molecule has 2 fully saturated rings. The molecule has 14 heteroatoms. The molecule has 4 aromatic rings. The number of alkyl halides is 2. The number of halogens is 4. The van der Waals surface area contributed by atoms with E-state index in [0.29, 0.717) is 52.8 Å². The zero-order valence-electron chi connectivity index (χ0n) is 24.1. The average Bonchev–Trinajstić information content (AvgIpc) is 3.46. The Morgan fingerprint density at radius 1 is 1.04 bits per heavy atom. The van der Waals surface area contributed by atoms with E-state index in [-0.39, 0.29) is 33.9 Å². The van der Waals surface area contributed by atoms with Gasteiger partial charge in [0.25, 0.3) is 5.91 Å². The summed E-state index contributed by atoms with van der Waals surface area (Å²) in [7, 11) is 0. The number of carbonyl (C=O) groups excluding carboxylic acids is 2. The third kappa shape index (κ3) is 7.56. The van der Waals surface area contributed by atoms with Crippen LogP contribution in [-0.4, -0.2) is 57.6 Å². The first-order chi connectivity index (χ1) is 22.3. The van der Waals surface area contributed by atoms with Crippen molar-refractivity contribution in [3.63, 3.8) is 0 Å². The lowest BCUT2D eigenvalue weighted by molar-refractivity contribution is -0.151. The van der Waals surface area contributed by atoms with E-state index in [9.17, 15) is 18.4 Å². The zero-order chi connectivity index (χ0) is 32.2. The van der Waals surface area contributed by atoms with Crippen molar-refractivity contribution in [2.24, 2.45) is 5.92 Å². The first-order valence-electron chi connectivity index (χ1n) is 14.4. The van der Waals surface area contributed by atoms with Crippen LogP contribution in [0.3, 0.4) is 0 Å². The molecule has 2 aromatic heterocycles. The van der Waals surface area contributed by atoms with E-state index in [4.69, 9.17) is 41.8 Å². The van der Waals surface area contributed by atoms with Crippen LogP contribution in [0.1, 0.15) is 40.4 Å². The number of oxazole rings is 1. The molecule has 1 aliphatic heterocycles. The Morgan fingerprint density at radius 3 is 2.57 bits per heavy atom. The number of pyridine rings is 1. The topological polar surface area (TPSA) is 104 Å². The highest BCUT2D eigenvalue weighted by Gasteiger charge is 2.38. The van der Waals surface area contributed by atoms with Gasteiger partial charge >= 0.3 is 12.6 Å². The molecule has 0 N–H and O–H groups in total. The summed E-state index contributed by atoms with van der Waals surface area (Å²) in [6, 6.07) is 11.2. The lowest BCUT2D eigenvalue weighted by Crippen LogP contribution is -2.40. The lowest BCUT2D eigenvalue weighted by atomic mass is 10.0. The van der Waals surface area contributed by atoms with Crippen LogP contribution in [0.5, 0.6) is 11.5 Å². The number of amides is 1. The number of esters is 1. The van der Waals surface area contributed by atoms with Gasteiger partial charge in [-0.1, -0.05) is 41.4 Å². The first-order valence-corrected chi connectivity index (χ1v) is 16.2. The summed E-state index contributed by atoms with van der Waals surface area (Å²) < 4.78 is 48.4. The van der Waals surface area contributed by atoms with E-state index < -0.39 is 24.1 Å². The highest BCUT2D eigenvalue weighted by atomic mass is 35.5. The number of aromatic nitrogens is 2. The molecular weight excluding hydrogens is 663 g/mol. The summed E-state index contributed by atoms with van der Waals surface area (Å²) in [4.78, 5) is 36.8. The molecule has 46 heavy (non-hydrogen) atoms. The molecule has 6 rings (SSSR count). The third-order valence-corrected chi connectivity index (χ3v) is 9.34. The predicted molar refractivity (Wildman–Crippen MR) is 167 cm³/mol. The van der Waals surface area contributed by atoms with Gasteiger partial charge < -0.3 is 23.5 Å². The fourth-order valence-electron chi connectivity index (χ4n) is 4.97. The molecule has 0 spiro atoms. The van der Waals surface area contributed by atoms with Gasteiger partial charge in [0.05, 0.1) is 22.8 Å². The van der Waals surface area contributed by atoms with E-state index in [1.807, 2.05) is 0 Å². The molecule has 1 aliphatic carbocycles. The Labute approximate surface area is 277 Å². The Balaban J connectivity index is 1.27. The summed E-state index contributed by atoms with van der Waals surface area (Å²) in [5.74, 6) is 0.292. The molecule has 9 nitrogen and oxygen atoms in total. The van der Waals surface area contributed by atoms with Gasteiger partial charge in [0, 0.05) is 42.2 Å². The summed E-state index contributed by atoms with van der Waals surface area (Å²) >= 11 is 14.1. The highest BCUT2D eigenvalue weighted by molar-refractivity contribution is 8.00. The van der Waals surface area contributed by atoms with Crippen LogP contribution in [0.4, 0.5) is 8.78 Å². The minimum atomic E-state index is -3.06. The Hall–Kier alpha value is -3.87. The van der Waals surface area contributed by atoms with Gasteiger partial charge in [0.2, 0.25) is 0 Å². The maximum absolute atomic E-state index is 13.8. The lowest BCUT2D eigenvalue weighted by Gasteiger charge is -2.26. The molecule has 2 aromatic carbocycles. The maximum atomic E-state index is 13.8. The number of ether oxygens (including phenoxy) is 3. The summed E-state index contributed by atoms with van der Waals surface area (Å²) in [5, 5.41) is -0.426. The van der Waals surface area contributed by atoms with Gasteiger partial charge in [-0.05, 0) is 54.2 Å². The summed E-state index contributed by atoms with van der Waals surface area (Å²) in [6.45, 7) is -2.40. The zero-order valence-corrected chi connectivity index (χ0v) is 26.4. The number of carbonyl (C=O) groups is 2. The Morgan fingerprint density at radius 2 is 1.85 bits per heavy atom. The predicted octanol–water partition coefficient (Wildman–Crippen LogP) is 7.48. The monoisotopic (exact) mass is 689 g/mol. The summed E-state index contributed by atoms with van der Waals surface area (Å²) in [5.41, 5.74) is 1.94. The molecule has 0 bridgehead atoms. The van der Waals surface area contributed by atoms with Crippen molar-refractivity contribution in [2.75, 3.05) is 18.9 Å². The third-order valence-electron chi connectivity index (χ3n) is 7.51. The number of hydrogen-bond donors (Lipinski definition) is 0. The van der Waals surface area contributed by atoms with Crippen LogP contribution in [-0.2, 0) is 16.0 Å². The van der Waals surface area contributed by atoms with Crippen molar-refractivity contribution >= 4 is 46.8 Å². The van der Waals surface area contributed by atoms with Crippen molar-refractivity contribution in [1.82, 2.24) is 14.9 Å². The van der Waals surface area contributed by atoms with Crippen LogP contribution in [0.25, 0.3) is 11.3 Å². The standard InChI is InChI=1S/C32H27Cl2F2N3O6S/c33-23-13-37-14-24(34)22(23)12-26(20-6-7-25(45-32(35)36)27(11-20)42-16-18-4-5-18)44-31(41)30-39(8-9-46-30)29(40)21-3-1-2-19(10-21)28-15-38-17-43-28/h1-3,6-7,10-11,13-15,17-18,26,30,32H,4-5,8-9,12,16H2. The number of hydrogen-bond acceptors (Lipinski definition) is 9. The highest BCUT2D eigenvalue weighted by Crippen LogP contribution is 2.39. The number of nitrogens with zero attached hydrogens (tertiary/aromatic N) is 3. The second-order valence-electron chi connectivity index (χ2n) is 10.7. The van der Waals surface area contributed by atoms with Crippen molar-refractivity contribution in [3.8, 4) is 22.8 Å². The van der Waals surface area contributed by atoms with E-state index in [1.54, 1.807) is 30.5 Å². The van der Waals surface area contributed by atoms with Crippen LogP contribution in [0.2, 0.25) is 10.0 Å². The number of benzene rings is 2. The van der Waals surface area contributed by atoms with Gasteiger partial charge in [-0.2, -0.15) is 8.78 Å². The van der Waals surface area contributed by atoms with E-state index in [1.165, 1.54) is 53.6 Å². The minimum Gasteiger partial charge on any atom is -0.489 e. The second-order valence-corrected chi connectivity index (χ2v) is 12.7. The van der Waals surface area contributed by atoms with Crippen molar-refractivity contribution in [3.05, 3.63) is 94.2 Å². The second kappa shape index (κ2) is 14.3. The molecule has 1 saturated carbocycles. The number of thioether (sulfide) groups is 1. The van der Waals surface area contributed by atoms with Crippen LogP contribution in [0.15, 0.2) is 71.9 Å². The van der Waals surface area contributed by atoms with Crippen LogP contribution >= 0.6 is 35.0 Å².